The number of nitrogens with one attached hydrogen (secondary N) is 1. The maximum Gasteiger partial charge on any atom is 0.266 e. The van der Waals surface area contributed by atoms with Gasteiger partial charge >= 0.3 is 0 Å². The minimum absolute atomic E-state index is 0.0647. The second-order valence-electron chi connectivity index (χ2n) is 4.87. The molecular weight excluding hydrogens is 427 g/mol. The lowest BCUT2D eigenvalue weighted by Crippen LogP contribution is -2.13. The van der Waals surface area contributed by atoms with Crippen molar-refractivity contribution in [1.82, 2.24) is 0 Å². The molecule has 0 bridgehead atoms. The van der Waals surface area contributed by atoms with Crippen LogP contribution >= 0.6 is 39.1 Å². The highest BCUT2D eigenvalue weighted by atomic mass is 79.9. The molecule has 2 aromatic carbocycles. The first-order chi connectivity index (χ1) is 11.9. The zero-order valence-electron chi connectivity index (χ0n) is 13.1. The third-order valence-electron chi connectivity index (χ3n) is 3.11. The predicted octanol–water partition coefficient (Wildman–Crippen LogP) is 5.70. The van der Waals surface area contributed by atoms with E-state index < -0.39 is 5.91 Å². The molecule has 0 fully saturated rings. The number of rotatable bonds is 5. The number of carbonyl (C=O) groups excluding carboxylic acids is 1. The van der Waals surface area contributed by atoms with Crippen molar-refractivity contribution in [3.63, 3.8) is 0 Å². The van der Waals surface area contributed by atoms with Crippen LogP contribution in [0.4, 0.5) is 5.69 Å². The van der Waals surface area contributed by atoms with E-state index in [1.165, 1.54) is 12.1 Å². The number of nitrogens with zero attached hydrogens (tertiary/aromatic N) is 1. The van der Waals surface area contributed by atoms with E-state index in [0.29, 0.717) is 33.7 Å². The van der Waals surface area contributed by atoms with Crippen LogP contribution in [-0.2, 0) is 4.79 Å². The van der Waals surface area contributed by atoms with Gasteiger partial charge in [-0.25, -0.2) is 0 Å². The fraction of sp³-hybridized carbons (Fsp3) is 0.111. The topological polar surface area (TPSA) is 62.1 Å². The standard InChI is InChI=1S/C18H13BrCl2N2O2/c1-2-25-17-6-3-13(19)8-11(17)7-12(10-22)18(24)23-14-4-5-15(20)16(21)9-14/h3-9H,2H2,1H3,(H,23,24)/b12-7-. The highest BCUT2D eigenvalue weighted by Crippen LogP contribution is 2.27. The summed E-state index contributed by atoms with van der Waals surface area (Å²) >= 11 is 15.1. The van der Waals surface area contributed by atoms with Crippen LogP contribution in [0.15, 0.2) is 46.4 Å². The van der Waals surface area contributed by atoms with E-state index in [2.05, 4.69) is 21.2 Å². The smallest absolute Gasteiger partial charge is 0.266 e. The van der Waals surface area contributed by atoms with Gasteiger partial charge in [-0.05, 0) is 49.4 Å². The fourth-order valence-electron chi connectivity index (χ4n) is 2.00. The maximum absolute atomic E-state index is 12.4. The van der Waals surface area contributed by atoms with Crippen LogP contribution < -0.4 is 10.1 Å². The molecule has 128 valence electrons. The molecule has 0 heterocycles. The molecule has 0 spiro atoms. The Bertz CT molecular complexity index is 876. The van der Waals surface area contributed by atoms with Gasteiger partial charge in [-0.2, -0.15) is 5.26 Å². The van der Waals surface area contributed by atoms with Crippen molar-refractivity contribution in [1.29, 1.82) is 5.26 Å². The largest absolute Gasteiger partial charge is 0.493 e. The molecule has 0 radical (unpaired) electrons. The first-order valence-electron chi connectivity index (χ1n) is 7.25. The van der Waals surface area contributed by atoms with Crippen molar-refractivity contribution < 1.29 is 9.53 Å². The lowest BCUT2D eigenvalue weighted by atomic mass is 10.1. The molecule has 0 aliphatic carbocycles. The summed E-state index contributed by atoms with van der Waals surface area (Å²) in [7, 11) is 0. The zero-order valence-corrected chi connectivity index (χ0v) is 16.2. The van der Waals surface area contributed by atoms with Crippen molar-refractivity contribution in [2.75, 3.05) is 11.9 Å². The zero-order chi connectivity index (χ0) is 18.4. The lowest BCUT2D eigenvalue weighted by Gasteiger charge is -2.09. The molecule has 0 saturated carbocycles. The summed E-state index contributed by atoms with van der Waals surface area (Å²) in [5, 5.41) is 12.7. The molecule has 0 unspecified atom stereocenters. The third-order valence-corrected chi connectivity index (χ3v) is 4.35. The minimum Gasteiger partial charge on any atom is -0.493 e. The molecule has 0 aromatic heterocycles. The van der Waals surface area contributed by atoms with Gasteiger partial charge in [0.1, 0.15) is 17.4 Å². The predicted molar refractivity (Wildman–Crippen MR) is 104 cm³/mol. The summed E-state index contributed by atoms with van der Waals surface area (Å²) in [5.41, 5.74) is 1.00. The second kappa shape index (κ2) is 8.91. The molecule has 0 aliphatic rings. The summed E-state index contributed by atoms with van der Waals surface area (Å²) in [6.07, 6.45) is 1.47. The SMILES string of the molecule is CCOc1ccc(Br)cc1/C=C(/C#N)C(=O)Nc1ccc(Cl)c(Cl)c1. The average Bonchev–Trinajstić information content (AvgIpc) is 2.58. The van der Waals surface area contributed by atoms with Gasteiger partial charge in [0.25, 0.3) is 5.91 Å². The summed E-state index contributed by atoms with van der Waals surface area (Å²) in [4.78, 5) is 12.4. The van der Waals surface area contributed by atoms with Gasteiger partial charge in [0.05, 0.1) is 16.7 Å². The molecule has 2 aromatic rings. The molecule has 0 saturated heterocycles. The van der Waals surface area contributed by atoms with E-state index in [1.807, 2.05) is 19.1 Å². The highest BCUT2D eigenvalue weighted by Gasteiger charge is 2.12. The third kappa shape index (κ3) is 5.23. The van der Waals surface area contributed by atoms with Crippen LogP contribution in [0.1, 0.15) is 12.5 Å². The Kier molecular flexibility index (Phi) is 6.89. The molecule has 4 nitrogen and oxygen atoms in total. The summed E-state index contributed by atoms with van der Waals surface area (Å²) in [5.74, 6) is 0.0316. The van der Waals surface area contributed by atoms with Crippen molar-refractivity contribution in [3.8, 4) is 11.8 Å². The molecule has 0 aliphatic heterocycles. The van der Waals surface area contributed by atoms with Crippen molar-refractivity contribution in [2.24, 2.45) is 0 Å². The van der Waals surface area contributed by atoms with Gasteiger partial charge in [-0.1, -0.05) is 39.1 Å². The van der Waals surface area contributed by atoms with E-state index in [4.69, 9.17) is 27.9 Å². The molecule has 0 atom stereocenters. The van der Waals surface area contributed by atoms with E-state index in [-0.39, 0.29) is 5.57 Å². The Balaban J connectivity index is 2.31. The number of hydrogen-bond donors (Lipinski definition) is 1. The molecule has 1 N–H and O–H groups in total. The monoisotopic (exact) mass is 438 g/mol. The maximum atomic E-state index is 12.4. The van der Waals surface area contributed by atoms with E-state index in [9.17, 15) is 10.1 Å². The average molecular weight is 440 g/mol. The Hall–Kier alpha value is -2.00. The highest BCUT2D eigenvalue weighted by molar-refractivity contribution is 9.10. The normalized spacial score (nSPS) is 10.9. The molecule has 7 heteroatoms. The van der Waals surface area contributed by atoms with Gasteiger partial charge in [0.15, 0.2) is 0 Å². The van der Waals surface area contributed by atoms with Gasteiger partial charge in [-0.3, -0.25) is 4.79 Å². The van der Waals surface area contributed by atoms with Crippen LogP contribution in [0.5, 0.6) is 5.75 Å². The van der Waals surface area contributed by atoms with Gasteiger partial charge in [0, 0.05) is 15.7 Å². The van der Waals surface area contributed by atoms with Gasteiger partial charge in [0.2, 0.25) is 0 Å². The van der Waals surface area contributed by atoms with E-state index in [1.54, 1.807) is 24.3 Å². The molecule has 25 heavy (non-hydrogen) atoms. The number of amides is 1. The Labute approximate surface area is 164 Å². The van der Waals surface area contributed by atoms with Gasteiger partial charge in [-0.15, -0.1) is 0 Å². The Morgan fingerprint density at radius 3 is 2.68 bits per heavy atom. The molecule has 2 rings (SSSR count). The Morgan fingerprint density at radius 2 is 2.04 bits per heavy atom. The number of anilines is 1. The van der Waals surface area contributed by atoms with Crippen LogP contribution in [0, 0.1) is 11.3 Å². The van der Waals surface area contributed by atoms with Crippen molar-refractivity contribution in [2.45, 2.75) is 6.92 Å². The number of benzene rings is 2. The summed E-state index contributed by atoms with van der Waals surface area (Å²) in [6.45, 7) is 2.33. The van der Waals surface area contributed by atoms with Crippen LogP contribution in [0.3, 0.4) is 0 Å². The number of halogens is 3. The summed E-state index contributed by atoms with van der Waals surface area (Å²) < 4.78 is 6.34. The van der Waals surface area contributed by atoms with E-state index >= 15 is 0 Å². The number of hydrogen-bond acceptors (Lipinski definition) is 3. The van der Waals surface area contributed by atoms with Crippen molar-refractivity contribution in [3.05, 3.63) is 62.1 Å². The van der Waals surface area contributed by atoms with Crippen molar-refractivity contribution >= 4 is 56.8 Å². The molecule has 1 amide bonds. The second-order valence-corrected chi connectivity index (χ2v) is 6.60. The van der Waals surface area contributed by atoms with E-state index in [0.717, 1.165) is 4.47 Å². The number of ether oxygens (including phenoxy) is 1. The van der Waals surface area contributed by atoms with Crippen LogP contribution in [0.2, 0.25) is 10.0 Å². The Morgan fingerprint density at radius 1 is 1.28 bits per heavy atom. The minimum atomic E-state index is -0.552. The quantitative estimate of drug-likeness (QED) is 0.480. The number of nitriles is 1. The lowest BCUT2D eigenvalue weighted by molar-refractivity contribution is -0.112. The van der Waals surface area contributed by atoms with Crippen LogP contribution in [-0.4, -0.2) is 12.5 Å². The molecular formula is C18H13BrCl2N2O2. The number of carbonyl (C=O) groups is 1. The summed E-state index contributed by atoms with van der Waals surface area (Å²) in [6, 6.07) is 12.0. The van der Waals surface area contributed by atoms with Crippen LogP contribution in [0.25, 0.3) is 6.08 Å². The first kappa shape index (κ1) is 19.3. The fourth-order valence-corrected chi connectivity index (χ4v) is 2.67. The first-order valence-corrected chi connectivity index (χ1v) is 8.80. The van der Waals surface area contributed by atoms with Gasteiger partial charge < -0.3 is 10.1 Å².